The molecule has 1 saturated heterocycles. The topological polar surface area (TPSA) is 32.8 Å². The number of benzene rings is 1. The van der Waals surface area contributed by atoms with Gasteiger partial charge in [0, 0.05) is 17.3 Å². The minimum atomic E-state index is -0.435. The van der Waals surface area contributed by atoms with E-state index >= 15 is 0 Å². The van der Waals surface area contributed by atoms with E-state index in [4.69, 9.17) is 28.6 Å². The van der Waals surface area contributed by atoms with Gasteiger partial charge < -0.3 is 14.5 Å². The molecular formula is C16H21ClN2O2S. The first kappa shape index (κ1) is 17.0. The second kappa shape index (κ2) is 7.29. The van der Waals surface area contributed by atoms with Crippen LogP contribution in [0.5, 0.6) is 0 Å². The summed E-state index contributed by atoms with van der Waals surface area (Å²) in [6.07, 6.45) is 2.11. The van der Waals surface area contributed by atoms with E-state index < -0.39 is 6.04 Å². The van der Waals surface area contributed by atoms with Crippen LogP contribution >= 0.6 is 23.8 Å². The van der Waals surface area contributed by atoms with E-state index in [1.807, 2.05) is 24.0 Å². The van der Waals surface area contributed by atoms with E-state index in [0.717, 1.165) is 25.1 Å². The molecule has 1 aromatic carbocycles. The monoisotopic (exact) mass is 340 g/mol. The summed E-state index contributed by atoms with van der Waals surface area (Å²) in [5.74, 6) is -0.274. The molecule has 2 atom stereocenters. The molecule has 0 amide bonds. The molecule has 0 saturated carbocycles. The molecule has 2 rings (SSSR count). The number of hydrogen-bond acceptors (Lipinski definition) is 3. The molecule has 1 fully saturated rings. The van der Waals surface area contributed by atoms with Gasteiger partial charge in [0.2, 0.25) is 0 Å². The Bertz CT molecular complexity index is 550. The first-order chi connectivity index (χ1) is 10.5. The molecule has 1 aromatic rings. The zero-order valence-corrected chi connectivity index (χ0v) is 14.7. The molecule has 0 N–H and O–H groups in total. The normalized spacial score (nSPS) is 21.4. The highest BCUT2D eigenvalue weighted by molar-refractivity contribution is 7.80. The van der Waals surface area contributed by atoms with E-state index in [1.165, 1.54) is 7.11 Å². The van der Waals surface area contributed by atoms with Gasteiger partial charge in [-0.2, -0.15) is 0 Å². The van der Waals surface area contributed by atoms with Crippen molar-refractivity contribution in [2.75, 3.05) is 18.6 Å². The third-order valence-corrected chi connectivity index (χ3v) is 4.66. The van der Waals surface area contributed by atoms with E-state index in [1.54, 1.807) is 12.1 Å². The molecule has 0 unspecified atom stereocenters. The second-order valence-electron chi connectivity index (χ2n) is 5.38. The minimum Gasteiger partial charge on any atom is -0.467 e. The number of carbonyl (C=O) groups excluding carboxylic acids is 1. The smallest absolute Gasteiger partial charge is 0.331 e. The van der Waals surface area contributed by atoms with Gasteiger partial charge in [-0.05, 0) is 49.8 Å². The van der Waals surface area contributed by atoms with Crippen molar-refractivity contribution in [1.82, 2.24) is 4.90 Å². The standard InChI is InChI=1S/C16H21ClN2O2S/c1-4-5-10-18-11(2)14(15(20)21-3)19(16(18)22)13-8-6-12(17)7-9-13/h6-9,11,14H,4-5,10H2,1-3H3/t11-,14-/m0/s1. The molecule has 1 heterocycles. The van der Waals surface area contributed by atoms with Gasteiger partial charge in [0.05, 0.1) is 13.2 Å². The maximum Gasteiger partial charge on any atom is 0.331 e. The van der Waals surface area contributed by atoms with Crippen molar-refractivity contribution in [3.8, 4) is 0 Å². The van der Waals surface area contributed by atoms with E-state index in [0.29, 0.717) is 10.1 Å². The number of carbonyl (C=O) groups is 1. The van der Waals surface area contributed by atoms with Crippen molar-refractivity contribution in [1.29, 1.82) is 0 Å². The molecule has 4 nitrogen and oxygen atoms in total. The van der Waals surface area contributed by atoms with Crippen molar-refractivity contribution in [3.63, 3.8) is 0 Å². The Morgan fingerprint density at radius 3 is 2.55 bits per heavy atom. The zero-order valence-electron chi connectivity index (χ0n) is 13.1. The number of anilines is 1. The number of rotatable bonds is 5. The summed E-state index contributed by atoms with van der Waals surface area (Å²) in [4.78, 5) is 16.2. The van der Waals surface area contributed by atoms with Crippen LogP contribution in [0.2, 0.25) is 5.02 Å². The highest BCUT2D eigenvalue weighted by Gasteiger charge is 2.45. The Morgan fingerprint density at radius 1 is 1.36 bits per heavy atom. The SMILES string of the molecule is CCCCN1C(=S)N(c2ccc(Cl)cc2)[C@H](C(=O)OC)[C@@H]1C. The maximum absolute atomic E-state index is 12.3. The van der Waals surface area contributed by atoms with Crippen molar-refractivity contribution in [3.05, 3.63) is 29.3 Å². The molecule has 0 radical (unpaired) electrons. The molecule has 22 heavy (non-hydrogen) atoms. The van der Waals surface area contributed by atoms with Gasteiger partial charge in [0.25, 0.3) is 0 Å². The van der Waals surface area contributed by atoms with Crippen molar-refractivity contribution >= 4 is 40.6 Å². The number of nitrogens with zero attached hydrogens (tertiary/aromatic N) is 2. The third-order valence-electron chi connectivity index (χ3n) is 3.98. The number of esters is 1. The summed E-state index contributed by atoms with van der Waals surface area (Å²) in [5, 5.41) is 1.32. The number of methoxy groups -OCH3 is 1. The van der Waals surface area contributed by atoms with Gasteiger partial charge in [-0.15, -0.1) is 0 Å². The fraction of sp³-hybridized carbons (Fsp3) is 0.500. The van der Waals surface area contributed by atoms with Crippen molar-refractivity contribution < 1.29 is 9.53 Å². The number of thiocarbonyl (C=S) groups is 1. The lowest BCUT2D eigenvalue weighted by molar-refractivity contribution is -0.142. The van der Waals surface area contributed by atoms with E-state index in [-0.39, 0.29) is 12.0 Å². The first-order valence-corrected chi connectivity index (χ1v) is 8.23. The Kier molecular flexibility index (Phi) is 5.64. The summed E-state index contributed by atoms with van der Waals surface area (Å²) in [6.45, 7) is 4.99. The Morgan fingerprint density at radius 2 is 2.00 bits per heavy atom. The van der Waals surface area contributed by atoms with Gasteiger partial charge in [-0.3, -0.25) is 0 Å². The average Bonchev–Trinajstić information content (AvgIpc) is 2.76. The summed E-state index contributed by atoms with van der Waals surface area (Å²) >= 11 is 11.6. The quantitative estimate of drug-likeness (QED) is 0.605. The van der Waals surface area contributed by atoms with Crippen LogP contribution < -0.4 is 4.90 Å². The summed E-state index contributed by atoms with van der Waals surface area (Å²) < 4.78 is 4.99. The van der Waals surface area contributed by atoms with Crippen LogP contribution in [0, 0.1) is 0 Å². The molecule has 0 aliphatic carbocycles. The van der Waals surface area contributed by atoms with Crippen molar-refractivity contribution in [2.45, 2.75) is 38.8 Å². The van der Waals surface area contributed by atoms with Gasteiger partial charge in [0.15, 0.2) is 11.2 Å². The number of halogens is 1. The van der Waals surface area contributed by atoms with Crippen molar-refractivity contribution in [2.24, 2.45) is 0 Å². The molecule has 6 heteroatoms. The number of unbranched alkanes of at least 4 members (excludes halogenated alkanes) is 1. The molecule has 120 valence electrons. The van der Waals surface area contributed by atoms with Crippen LogP contribution in [0.15, 0.2) is 24.3 Å². The molecule has 0 bridgehead atoms. The summed E-state index contributed by atoms with van der Waals surface area (Å²) in [7, 11) is 1.41. The average molecular weight is 341 g/mol. The number of hydrogen-bond donors (Lipinski definition) is 0. The maximum atomic E-state index is 12.3. The van der Waals surface area contributed by atoms with Crippen LogP contribution in [0.25, 0.3) is 0 Å². The van der Waals surface area contributed by atoms with Crippen LogP contribution in [-0.2, 0) is 9.53 Å². The van der Waals surface area contributed by atoms with Gasteiger partial charge in [-0.25, -0.2) is 4.79 Å². The predicted molar refractivity (Wildman–Crippen MR) is 93.4 cm³/mol. The van der Waals surface area contributed by atoms with Crippen LogP contribution in [0.1, 0.15) is 26.7 Å². The second-order valence-corrected chi connectivity index (χ2v) is 6.19. The molecule has 1 aliphatic rings. The number of ether oxygens (including phenoxy) is 1. The predicted octanol–water partition coefficient (Wildman–Crippen LogP) is 3.48. The highest BCUT2D eigenvalue weighted by atomic mass is 35.5. The van der Waals surface area contributed by atoms with Crippen LogP contribution in [0.3, 0.4) is 0 Å². The minimum absolute atomic E-state index is 0.0258. The highest BCUT2D eigenvalue weighted by Crippen LogP contribution is 2.31. The fourth-order valence-corrected chi connectivity index (χ4v) is 3.34. The lowest BCUT2D eigenvalue weighted by atomic mass is 10.1. The van der Waals surface area contributed by atoms with Crippen LogP contribution in [0.4, 0.5) is 5.69 Å². The molecule has 0 aromatic heterocycles. The fourth-order valence-electron chi connectivity index (χ4n) is 2.74. The Hall–Kier alpha value is -1.33. The molecule has 1 aliphatic heterocycles. The van der Waals surface area contributed by atoms with Gasteiger partial charge >= 0.3 is 5.97 Å². The van der Waals surface area contributed by atoms with Crippen LogP contribution in [-0.4, -0.2) is 41.7 Å². The summed E-state index contributed by atoms with van der Waals surface area (Å²) in [5.41, 5.74) is 0.857. The largest absolute Gasteiger partial charge is 0.467 e. The Labute approximate surface area is 142 Å². The zero-order chi connectivity index (χ0) is 16.3. The lowest BCUT2D eigenvalue weighted by Gasteiger charge is -2.24. The Balaban J connectivity index is 2.36. The summed E-state index contributed by atoms with van der Waals surface area (Å²) in [6, 6.07) is 6.89. The third kappa shape index (κ3) is 3.20. The molecule has 0 spiro atoms. The molecular weight excluding hydrogens is 320 g/mol. The lowest BCUT2D eigenvalue weighted by Crippen LogP contribution is -2.43. The first-order valence-electron chi connectivity index (χ1n) is 7.44. The van der Waals surface area contributed by atoms with E-state index in [9.17, 15) is 4.79 Å². The van der Waals surface area contributed by atoms with E-state index in [2.05, 4.69) is 11.8 Å². The van der Waals surface area contributed by atoms with Gasteiger partial charge in [0.1, 0.15) is 0 Å². The van der Waals surface area contributed by atoms with Gasteiger partial charge in [-0.1, -0.05) is 24.9 Å².